The number of amides is 2. The van der Waals surface area contributed by atoms with Gasteiger partial charge >= 0.3 is 0 Å². The maximum atomic E-state index is 12.2. The Hall–Kier alpha value is -1.88. The first-order chi connectivity index (χ1) is 9.61. The van der Waals surface area contributed by atoms with Crippen LogP contribution in [0.4, 0.5) is 0 Å². The lowest BCUT2D eigenvalue weighted by molar-refractivity contribution is -0.132. The molecule has 1 fully saturated rings. The highest BCUT2D eigenvalue weighted by Crippen LogP contribution is 2.28. The molecule has 3 N–H and O–H groups in total. The van der Waals surface area contributed by atoms with Crippen molar-refractivity contribution in [2.24, 2.45) is 5.73 Å². The van der Waals surface area contributed by atoms with Crippen molar-refractivity contribution in [1.29, 1.82) is 0 Å². The van der Waals surface area contributed by atoms with Gasteiger partial charge in [0, 0.05) is 31.1 Å². The summed E-state index contributed by atoms with van der Waals surface area (Å²) >= 11 is 0. The van der Waals surface area contributed by atoms with E-state index in [0.29, 0.717) is 31.1 Å². The van der Waals surface area contributed by atoms with Gasteiger partial charge in [-0.3, -0.25) is 9.59 Å². The Labute approximate surface area is 119 Å². The number of carbonyl (C=O) groups is 2. The zero-order valence-electron chi connectivity index (χ0n) is 11.8. The number of hydrogen-bond acceptors (Lipinski definition) is 3. The molecule has 2 amide bonds. The van der Waals surface area contributed by atoms with Gasteiger partial charge in [-0.25, -0.2) is 0 Å². The number of carbonyl (C=O) groups excluding carboxylic acids is 2. The average molecular weight is 275 g/mol. The predicted octanol–water partition coefficient (Wildman–Crippen LogP) is 0.886. The topological polar surface area (TPSA) is 75.4 Å². The van der Waals surface area contributed by atoms with E-state index in [1.807, 2.05) is 24.1 Å². The summed E-state index contributed by atoms with van der Waals surface area (Å²) in [5.74, 6) is -0.249. The van der Waals surface area contributed by atoms with Crippen LogP contribution in [0.5, 0.6) is 0 Å². The summed E-state index contributed by atoms with van der Waals surface area (Å²) < 4.78 is 0. The normalized spacial score (nSPS) is 14.1. The third-order valence-corrected chi connectivity index (χ3v) is 3.49. The highest BCUT2D eigenvalue weighted by atomic mass is 16.2. The molecule has 108 valence electrons. The highest BCUT2D eigenvalue weighted by Gasteiger charge is 2.32. The first-order valence-electron chi connectivity index (χ1n) is 6.94. The van der Waals surface area contributed by atoms with Crippen LogP contribution in [0.3, 0.4) is 0 Å². The van der Waals surface area contributed by atoms with E-state index in [2.05, 4.69) is 5.32 Å². The number of nitrogens with two attached hydrogens (primary N) is 1. The molecular weight excluding hydrogens is 254 g/mol. The van der Waals surface area contributed by atoms with Gasteiger partial charge in [0.25, 0.3) is 0 Å². The lowest BCUT2D eigenvalue weighted by atomic mass is 10.1. The third-order valence-electron chi connectivity index (χ3n) is 3.49. The van der Waals surface area contributed by atoms with Crippen molar-refractivity contribution in [1.82, 2.24) is 10.2 Å². The summed E-state index contributed by atoms with van der Waals surface area (Å²) in [4.78, 5) is 25.1. The van der Waals surface area contributed by atoms with Crippen LogP contribution in [-0.4, -0.2) is 36.3 Å². The minimum Gasteiger partial charge on any atom is -0.366 e. The molecule has 0 atom stereocenters. The first kappa shape index (κ1) is 14.5. The van der Waals surface area contributed by atoms with Gasteiger partial charge < -0.3 is 16.0 Å². The monoisotopic (exact) mass is 275 g/mol. The Morgan fingerprint density at radius 3 is 2.45 bits per heavy atom. The van der Waals surface area contributed by atoms with Crippen LogP contribution >= 0.6 is 0 Å². The molecule has 1 saturated carbocycles. The fraction of sp³-hybridized carbons (Fsp3) is 0.467. The van der Waals surface area contributed by atoms with Gasteiger partial charge in [0.15, 0.2) is 0 Å². The van der Waals surface area contributed by atoms with Crippen molar-refractivity contribution < 1.29 is 9.59 Å². The predicted molar refractivity (Wildman–Crippen MR) is 77.1 cm³/mol. The molecule has 5 heteroatoms. The lowest BCUT2D eigenvalue weighted by Crippen LogP contribution is -2.34. The number of benzene rings is 1. The largest absolute Gasteiger partial charge is 0.366 e. The molecule has 5 nitrogen and oxygen atoms in total. The van der Waals surface area contributed by atoms with Crippen LogP contribution in [-0.2, 0) is 11.3 Å². The summed E-state index contributed by atoms with van der Waals surface area (Å²) in [5.41, 5.74) is 6.74. The van der Waals surface area contributed by atoms with Crippen LogP contribution in [0, 0.1) is 0 Å². The minimum absolute atomic E-state index is 0.181. The van der Waals surface area contributed by atoms with Gasteiger partial charge in [0.2, 0.25) is 11.8 Å². The molecule has 0 heterocycles. The van der Waals surface area contributed by atoms with Gasteiger partial charge in [-0.15, -0.1) is 0 Å². The van der Waals surface area contributed by atoms with E-state index in [-0.39, 0.29) is 5.91 Å². The molecule has 1 aromatic rings. The quantitative estimate of drug-likeness (QED) is 0.776. The summed E-state index contributed by atoms with van der Waals surface area (Å²) in [7, 11) is 1.84. The molecule has 0 spiro atoms. The van der Waals surface area contributed by atoms with Crippen LogP contribution in [0.15, 0.2) is 24.3 Å². The fourth-order valence-electron chi connectivity index (χ4n) is 2.15. The summed E-state index contributed by atoms with van der Waals surface area (Å²) in [6, 6.07) is 7.53. The molecule has 0 saturated heterocycles. The summed E-state index contributed by atoms with van der Waals surface area (Å²) in [5, 5.41) is 3.00. The van der Waals surface area contributed by atoms with E-state index in [1.165, 1.54) is 0 Å². The maximum Gasteiger partial charge on any atom is 0.248 e. The van der Waals surface area contributed by atoms with E-state index in [9.17, 15) is 9.59 Å². The smallest absolute Gasteiger partial charge is 0.248 e. The van der Waals surface area contributed by atoms with Gasteiger partial charge in [-0.2, -0.15) is 0 Å². The number of rotatable bonds is 7. The molecule has 2 rings (SSSR count). The standard InChI is InChI=1S/C15H21N3O2/c1-17-9-8-14(19)18(13-6-7-13)10-11-2-4-12(5-3-11)15(16)20/h2-5,13,17H,6-10H2,1H3,(H2,16,20). The summed E-state index contributed by atoms with van der Waals surface area (Å²) in [6.07, 6.45) is 2.70. The van der Waals surface area contributed by atoms with Crippen molar-refractivity contribution >= 4 is 11.8 Å². The van der Waals surface area contributed by atoms with Crippen LogP contribution < -0.4 is 11.1 Å². The van der Waals surface area contributed by atoms with Crippen molar-refractivity contribution in [3.8, 4) is 0 Å². The molecule has 0 aliphatic heterocycles. The minimum atomic E-state index is -0.430. The van der Waals surface area contributed by atoms with Gasteiger partial charge in [0.05, 0.1) is 0 Å². The van der Waals surface area contributed by atoms with E-state index in [0.717, 1.165) is 18.4 Å². The van der Waals surface area contributed by atoms with Crippen molar-refractivity contribution in [3.63, 3.8) is 0 Å². The van der Waals surface area contributed by atoms with Crippen LogP contribution in [0.25, 0.3) is 0 Å². The van der Waals surface area contributed by atoms with Gasteiger partial charge in [-0.1, -0.05) is 12.1 Å². The fourth-order valence-corrected chi connectivity index (χ4v) is 2.15. The molecule has 0 aromatic heterocycles. The molecular formula is C15H21N3O2. The number of primary amides is 1. The first-order valence-corrected chi connectivity index (χ1v) is 6.94. The molecule has 0 unspecified atom stereocenters. The zero-order chi connectivity index (χ0) is 14.5. The van der Waals surface area contributed by atoms with Crippen LogP contribution in [0.1, 0.15) is 35.2 Å². The number of hydrogen-bond donors (Lipinski definition) is 2. The lowest BCUT2D eigenvalue weighted by Gasteiger charge is -2.22. The molecule has 0 radical (unpaired) electrons. The van der Waals surface area contributed by atoms with Crippen molar-refractivity contribution in [2.45, 2.75) is 31.8 Å². The highest BCUT2D eigenvalue weighted by molar-refractivity contribution is 5.92. The SMILES string of the molecule is CNCCC(=O)N(Cc1ccc(C(N)=O)cc1)C1CC1. The second-order valence-electron chi connectivity index (χ2n) is 5.17. The Balaban J connectivity index is 2.00. The maximum absolute atomic E-state index is 12.2. The van der Waals surface area contributed by atoms with E-state index in [1.54, 1.807) is 12.1 Å². The number of nitrogens with one attached hydrogen (secondary N) is 1. The average Bonchev–Trinajstić information content (AvgIpc) is 3.27. The Bertz CT molecular complexity index is 480. The van der Waals surface area contributed by atoms with E-state index < -0.39 is 5.91 Å². The Morgan fingerprint density at radius 2 is 1.95 bits per heavy atom. The second-order valence-corrected chi connectivity index (χ2v) is 5.17. The summed E-state index contributed by atoms with van der Waals surface area (Å²) in [6.45, 7) is 1.30. The third kappa shape index (κ3) is 3.81. The van der Waals surface area contributed by atoms with E-state index >= 15 is 0 Å². The van der Waals surface area contributed by atoms with Crippen LogP contribution in [0.2, 0.25) is 0 Å². The molecule has 20 heavy (non-hydrogen) atoms. The molecule has 0 bridgehead atoms. The van der Waals surface area contributed by atoms with Crippen molar-refractivity contribution in [2.75, 3.05) is 13.6 Å². The molecule has 1 aromatic carbocycles. The van der Waals surface area contributed by atoms with Gasteiger partial charge in [0.1, 0.15) is 0 Å². The second kappa shape index (κ2) is 6.52. The number of nitrogens with zero attached hydrogens (tertiary/aromatic N) is 1. The molecule has 1 aliphatic rings. The Kier molecular flexibility index (Phi) is 4.74. The van der Waals surface area contributed by atoms with E-state index in [4.69, 9.17) is 5.73 Å². The van der Waals surface area contributed by atoms with Crippen molar-refractivity contribution in [3.05, 3.63) is 35.4 Å². The zero-order valence-corrected chi connectivity index (χ0v) is 11.8. The van der Waals surface area contributed by atoms with Gasteiger partial charge in [-0.05, 0) is 37.6 Å². The molecule has 1 aliphatic carbocycles. The Morgan fingerprint density at radius 1 is 1.30 bits per heavy atom.